The van der Waals surface area contributed by atoms with Crippen LogP contribution in [0.25, 0.3) is 0 Å². The van der Waals surface area contributed by atoms with Gasteiger partial charge in [0.2, 0.25) is 0 Å². The summed E-state index contributed by atoms with van der Waals surface area (Å²) in [5.74, 6) is 1.05. The van der Waals surface area contributed by atoms with Crippen molar-refractivity contribution in [2.45, 2.75) is 19.3 Å². The first kappa shape index (κ1) is 5.77. The molecule has 0 amide bonds. The number of imidazole rings is 1. The number of nitrogens with one attached hydrogen (secondary N) is 2. The maximum Gasteiger partial charge on any atom is 0.147 e. The lowest BCUT2D eigenvalue weighted by molar-refractivity contribution is 0.774. The number of aromatic amines is 1. The van der Waals surface area contributed by atoms with Crippen molar-refractivity contribution in [1.29, 1.82) is 0 Å². The molecule has 0 aromatic carbocycles. The predicted molar refractivity (Wildman–Crippen MR) is 40.0 cm³/mol. The van der Waals surface area contributed by atoms with E-state index in [9.17, 15) is 0 Å². The maximum absolute atomic E-state index is 4.15. The fourth-order valence-corrected chi connectivity index (χ4v) is 1.30. The zero-order valence-corrected chi connectivity index (χ0v) is 5.85. The minimum Gasteiger partial charge on any atom is -0.369 e. The summed E-state index contributed by atoms with van der Waals surface area (Å²) >= 11 is 0. The molecule has 0 radical (unpaired) electrons. The van der Waals surface area contributed by atoms with Gasteiger partial charge in [0.25, 0.3) is 0 Å². The van der Waals surface area contributed by atoms with Gasteiger partial charge in [-0.3, -0.25) is 0 Å². The molecular weight excluding hydrogens is 126 g/mol. The quantitative estimate of drug-likeness (QED) is 0.563. The highest BCUT2D eigenvalue weighted by Gasteiger charge is 2.07. The van der Waals surface area contributed by atoms with E-state index in [1.165, 1.54) is 18.5 Å². The van der Waals surface area contributed by atoms with E-state index in [0.29, 0.717) is 0 Å². The molecule has 1 aromatic rings. The molecule has 1 aliphatic rings. The van der Waals surface area contributed by atoms with Crippen LogP contribution < -0.4 is 5.32 Å². The average molecular weight is 137 g/mol. The van der Waals surface area contributed by atoms with Gasteiger partial charge in [0.05, 0.1) is 12.0 Å². The van der Waals surface area contributed by atoms with Gasteiger partial charge in [-0.2, -0.15) is 0 Å². The Morgan fingerprint density at radius 3 is 3.40 bits per heavy atom. The van der Waals surface area contributed by atoms with Crippen molar-refractivity contribution in [2.24, 2.45) is 0 Å². The van der Waals surface area contributed by atoms with Crippen molar-refractivity contribution in [1.82, 2.24) is 9.97 Å². The van der Waals surface area contributed by atoms with Crippen LogP contribution in [0, 0.1) is 0 Å². The summed E-state index contributed by atoms with van der Waals surface area (Å²) in [5, 5.41) is 3.26. The normalized spacial score (nSPS) is 17.2. The summed E-state index contributed by atoms with van der Waals surface area (Å²) in [6.45, 7) is 1.07. The molecule has 0 bridgehead atoms. The first-order chi connectivity index (χ1) is 4.97. The van der Waals surface area contributed by atoms with E-state index in [-0.39, 0.29) is 0 Å². The molecule has 1 aliphatic heterocycles. The Bertz CT molecular complexity index is 196. The smallest absolute Gasteiger partial charge is 0.147 e. The lowest BCUT2D eigenvalue weighted by Crippen LogP contribution is -1.98. The molecule has 2 N–H and O–H groups in total. The molecule has 3 heteroatoms. The molecule has 1 aromatic heterocycles. The van der Waals surface area contributed by atoms with Crippen molar-refractivity contribution in [3.63, 3.8) is 0 Å². The molecule has 0 fully saturated rings. The Morgan fingerprint density at radius 1 is 1.40 bits per heavy atom. The first-order valence-electron chi connectivity index (χ1n) is 3.73. The molecule has 0 spiro atoms. The Morgan fingerprint density at radius 2 is 2.40 bits per heavy atom. The summed E-state index contributed by atoms with van der Waals surface area (Å²) < 4.78 is 0. The zero-order chi connectivity index (χ0) is 6.81. The van der Waals surface area contributed by atoms with Crippen molar-refractivity contribution >= 4 is 5.82 Å². The summed E-state index contributed by atoms with van der Waals surface area (Å²) in [7, 11) is 0. The van der Waals surface area contributed by atoms with E-state index in [4.69, 9.17) is 0 Å². The van der Waals surface area contributed by atoms with E-state index in [1.807, 2.05) is 0 Å². The lowest BCUT2D eigenvalue weighted by Gasteiger charge is -1.96. The van der Waals surface area contributed by atoms with Crippen LogP contribution in [0.15, 0.2) is 6.33 Å². The molecule has 0 atom stereocenters. The molecule has 10 heavy (non-hydrogen) atoms. The van der Waals surface area contributed by atoms with Gasteiger partial charge < -0.3 is 10.3 Å². The minimum absolute atomic E-state index is 1.05. The molecular formula is C7H11N3. The third kappa shape index (κ3) is 0.875. The number of H-pyrrole nitrogens is 1. The van der Waals surface area contributed by atoms with Crippen molar-refractivity contribution in [3.05, 3.63) is 12.0 Å². The third-order valence-electron chi connectivity index (χ3n) is 1.86. The van der Waals surface area contributed by atoms with Crippen LogP contribution in [0.3, 0.4) is 0 Å². The van der Waals surface area contributed by atoms with Gasteiger partial charge in [0.15, 0.2) is 0 Å². The molecule has 0 saturated carbocycles. The number of rotatable bonds is 0. The Hall–Kier alpha value is -0.990. The predicted octanol–water partition coefficient (Wildman–Crippen LogP) is 1.16. The lowest BCUT2D eigenvalue weighted by atomic mass is 10.2. The van der Waals surface area contributed by atoms with Crippen LogP contribution in [0.2, 0.25) is 0 Å². The van der Waals surface area contributed by atoms with Crippen LogP contribution in [0.5, 0.6) is 0 Å². The highest BCUT2D eigenvalue weighted by Crippen LogP contribution is 2.15. The number of anilines is 1. The van der Waals surface area contributed by atoms with Gasteiger partial charge in [0.1, 0.15) is 5.82 Å². The second-order valence-corrected chi connectivity index (χ2v) is 2.61. The SMILES string of the molecule is c1nc2c([nH]1)CCCCN2. The number of nitrogens with zero attached hydrogens (tertiary/aromatic N) is 1. The molecule has 2 rings (SSSR count). The van der Waals surface area contributed by atoms with Crippen LogP contribution in [0.4, 0.5) is 5.82 Å². The van der Waals surface area contributed by atoms with Crippen LogP contribution in [-0.2, 0) is 6.42 Å². The minimum atomic E-state index is 1.05. The van der Waals surface area contributed by atoms with Crippen molar-refractivity contribution in [3.8, 4) is 0 Å². The van der Waals surface area contributed by atoms with Crippen LogP contribution >= 0.6 is 0 Å². The molecule has 3 nitrogen and oxygen atoms in total. The molecule has 2 heterocycles. The van der Waals surface area contributed by atoms with Gasteiger partial charge in [-0.15, -0.1) is 0 Å². The van der Waals surface area contributed by atoms with E-state index in [0.717, 1.165) is 18.8 Å². The fraction of sp³-hybridized carbons (Fsp3) is 0.571. The zero-order valence-electron chi connectivity index (χ0n) is 5.85. The van der Waals surface area contributed by atoms with Gasteiger partial charge in [-0.1, -0.05) is 0 Å². The Kier molecular flexibility index (Phi) is 1.34. The average Bonchev–Trinajstić information content (AvgIpc) is 2.28. The number of hydrogen-bond acceptors (Lipinski definition) is 2. The highest BCUT2D eigenvalue weighted by atomic mass is 15.1. The maximum atomic E-state index is 4.15. The summed E-state index contributed by atoms with van der Waals surface area (Å²) in [6, 6.07) is 0. The second-order valence-electron chi connectivity index (χ2n) is 2.61. The largest absolute Gasteiger partial charge is 0.369 e. The van der Waals surface area contributed by atoms with Crippen molar-refractivity contribution < 1.29 is 0 Å². The van der Waals surface area contributed by atoms with Gasteiger partial charge >= 0.3 is 0 Å². The van der Waals surface area contributed by atoms with Gasteiger partial charge in [0, 0.05) is 6.54 Å². The molecule has 54 valence electrons. The van der Waals surface area contributed by atoms with Gasteiger partial charge in [-0.25, -0.2) is 4.98 Å². The van der Waals surface area contributed by atoms with E-state index in [2.05, 4.69) is 15.3 Å². The van der Waals surface area contributed by atoms with Crippen molar-refractivity contribution in [2.75, 3.05) is 11.9 Å². The number of aromatic nitrogens is 2. The van der Waals surface area contributed by atoms with Crippen LogP contribution in [-0.4, -0.2) is 16.5 Å². The van der Waals surface area contributed by atoms with Gasteiger partial charge in [-0.05, 0) is 19.3 Å². The second kappa shape index (κ2) is 2.33. The number of aryl methyl sites for hydroxylation is 1. The number of fused-ring (bicyclic) bond motifs is 1. The standard InChI is InChI=1S/C7H11N3/c1-2-4-8-7-6(3-1)9-5-10-7/h5,8H,1-4H2,(H,9,10). The van der Waals surface area contributed by atoms with E-state index >= 15 is 0 Å². The first-order valence-corrected chi connectivity index (χ1v) is 3.73. The molecule has 0 aliphatic carbocycles. The Balaban J connectivity index is 2.28. The molecule has 0 unspecified atom stereocenters. The van der Waals surface area contributed by atoms with E-state index in [1.54, 1.807) is 6.33 Å². The topological polar surface area (TPSA) is 40.7 Å². The summed E-state index contributed by atoms with van der Waals surface area (Å²) in [4.78, 5) is 7.27. The summed E-state index contributed by atoms with van der Waals surface area (Å²) in [5.41, 5.74) is 1.26. The fourth-order valence-electron chi connectivity index (χ4n) is 1.30. The monoisotopic (exact) mass is 137 g/mol. The summed E-state index contributed by atoms with van der Waals surface area (Å²) in [6.07, 6.45) is 5.41. The van der Waals surface area contributed by atoms with Crippen LogP contribution in [0.1, 0.15) is 18.5 Å². The Labute approximate surface area is 59.9 Å². The van der Waals surface area contributed by atoms with E-state index < -0.39 is 0 Å². The third-order valence-corrected chi connectivity index (χ3v) is 1.86. The highest BCUT2D eigenvalue weighted by molar-refractivity contribution is 5.40. The number of hydrogen-bond donors (Lipinski definition) is 2. The molecule has 0 saturated heterocycles.